The number of hydrogen-bond acceptors (Lipinski definition) is 7. The van der Waals surface area contributed by atoms with Gasteiger partial charge in [-0.15, -0.1) is 0 Å². The van der Waals surface area contributed by atoms with Crippen LogP contribution in [0.2, 0.25) is 0 Å². The Kier molecular flexibility index (Phi) is 12.2. The first kappa shape index (κ1) is 39.4. The molecule has 0 aromatic heterocycles. The highest BCUT2D eigenvalue weighted by atomic mass is 16.6. The third kappa shape index (κ3) is 9.68. The van der Waals surface area contributed by atoms with Gasteiger partial charge in [0.05, 0.1) is 39.6 Å². The number of hydrogen-bond donors (Lipinski definition) is 1. The summed E-state index contributed by atoms with van der Waals surface area (Å²) in [6.07, 6.45) is 4.12. The Hall–Kier alpha value is -3.39. The van der Waals surface area contributed by atoms with E-state index in [1.54, 1.807) is 0 Å². The number of aromatic hydroxyl groups is 1. The van der Waals surface area contributed by atoms with Crippen LogP contribution >= 0.6 is 0 Å². The van der Waals surface area contributed by atoms with Gasteiger partial charge in [-0.25, -0.2) is 0 Å². The molecule has 4 rings (SSSR count). The van der Waals surface area contributed by atoms with Gasteiger partial charge >= 0.3 is 0 Å². The molecule has 1 N–H and O–H groups in total. The third-order valence-corrected chi connectivity index (χ3v) is 8.96. The van der Waals surface area contributed by atoms with Crippen molar-refractivity contribution in [1.82, 2.24) is 0 Å². The number of ketones is 1. The molecule has 0 unspecified atom stereocenters. The molecule has 0 spiro atoms. The van der Waals surface area contributed by atoms with Gasteiger partial charge in [0, 0.05) is 22.3 Å². The molecule has 1 aliphatic heterocycles. The van der Waals surface area contributed by atoms with Crippen LogP contribution in [0.25, 0.3) is 5.57 Å². The molecule has 0 fully saturated rings. The quantitative estimate of drug-likeness (QED) is 0.337. The molecule has 0 atom stereocenters. The molecule has 50 heavy (non-hydrogen) atoms. The molecule has 1 aliphatic carbocycles. The average molecular weight is 689 g/mol. The Bertz CT molecular complexity index is 1560. The van der Waals surface area contributed by atoms with E-state index in [0.29, 0.717) is 70.1 Å². The minimum Gasteiger partial charge on any atom is -0.507 e. The predicted octanol–water partition coefficient (Wildman–Crippen LogP) is 9.14. The Morgan fingerprint density at radius 2 is 0.960 bits per heavy atom. The van der Waals surface area contributed by atoms with Crippen LogP contribution in [0.3, 0.4) is 0 Å². The van der Waals surface area contributed by atoms with Crippen LogP contribution in [0.4, 0.5) is 0 Å². The summed E-state index contributed by atoms with van der Waals surface area (Å²) in [6.45, 7) is 28.7. The van der Waals surface area contributed by atoms with Crippen molar-refractivity contribution in [2.24, 2.45) is 10.8 Å². The van der Waals surface area contributed by atoms with E-state index in [-0.39, 0.29) is 27.4 Å². The smallest absolute Gasteiger partial charge is 0.186 e. The van der Waals surface area contributed by atoms with Crippen LogP contribution in [0, 0.1) is 10.8 Å². The molecule has 274 valence electrons. The monoisotopic (exact) mass is 688 g/mol. The summed E-state index contributed by atoms with van der Waals surface area (Å²) in [5.74, 6) is 1.60. The van der Waals surface area contributed by atoms with Crippen molar-refractivity contribution in [3.8, 4) is 17.2 Å². The van der Waals surface area contributed by atoms with Crippen LogP contribution in [-0.4, -0.2) is 63.7 Å². The van der Waals surface area contributed by atoms with Gasteiger partial charge < -0.3 is 28.8 Å². The van der Waals surface area contributed by atoms with E-state index in [4.69, 9.17) is 23.7 Å². The van der Waals surface area contributed by atoms with E-state index < -0.39 is 0 Å². The molecule has 0 radical (unpaired) electrons. The van der Waals surface area contributed by atoms with Crippen molar-refractivity contribution in [2.75, 3.05) is 52.9 Å². The molecule has 0 bridgehead atoms. The number of rotatable bonds is 2. The van der Waals surface area contributed by atoms with Gasteiger partial charge in [-0.3, -0.25) is 4.79 Å². The minimum atomic E-state index is -0.388. The molecule has 0 saturated carbocycles. The van der Waals surface area contributed by atoms with Gasteiger partial charge in [0.2, 0.25) is 0 Å². The Balaban J connectivity index is 2.06. The largest absolute Gasteiger partial charge is 0.507 e. The Morgan fingerprint density at radius 3 is 1.38 bits per heavy atom. The number of phenolic OH excluding ortho intramolecular Hbond substituents is 1. The molecule has 0 saturated heterocycles. The van der Waals surface area contributed by atoms with Crippen LogP contribution in [0.5, 0.6) is 17.2 Å². The molecular weight excluding hydrogens is 628 g/mol. The van der Waals surface area contributed by atoms with Crippen molar-refractivity contribution in [3.63, 3.8) is 0 Å². The van der Waals surface area contributed by atoms with Gasteiger partial charge in [-0.2, -0.15) is 0 Å². The SMILES string of the molecule is CC(C)(C)C1=CC(=C(c2ccc3c(c2)OCCOCCOCCOCCO3)c2cc(C(C)(C)C)c(O)c(C(C)(C)C)c2)C=C(C(C)(C)C)C1=O. The van der Waals surface area contributed by atoms with E-state index in [1.807, 2.05) is 12.1 Å². The number of benzene rings is 2. The third-order valence-electron chi connectivity index (χ3n) is 8.96. The van der Waals surface area contributed by atoms with Crippen molar-refractivity contribution < 1.29 is 33.6 Å². The van der Waals surface area contributed by atoms with E-state index in [9.17, 15) is 9.90 Å². The van der Waals surface area contributed by atoms with Crippen molar-refractivity contribution in [2.45, 2.75) is 93.9 Å². The van der Waals surface area contributed by atoms with Gasteiger partial charge in [0.15, 0.2) is 17.3 Å². The first-order valence-corrected chi connectivity index (χ1v) is 17.9. The number of allylic oxidation sites excluding steroid dienone is 5. The summed E-state index contributed by atoms with van der Waals surface area (Å²) in [5.41, 5.74) is 5.52. The standard InChI is InChI=1S/C43H60O7/c1-40(2,3)31-23-29(24-32(38(31)44)41(4,5)6)37(30-25-33(42(7,8)9)39(45)34(26-30)43(10,11)12)28-13-14-35-36(27-28)50-22-20-48-18-16-46-15-17-47-19-21-49-35/h13-14,23-27,44H,15-22H2,1-12H3. The molecule has 2 aliphatic rings. The summed E-state index contributed by atoms with van der Waals surface area (Å²) in [5, 5.41) is 11.7. The van der Waals surface area contributed by atoms with Crippen LogP contribution in [-0.2, 0) is 29.8 Å². The van der Waals surface area contributed by atoms with Crippen molar-refractivity contribution in [3.05, 3.63) is 81.5 Å². The lowest BCUT2D eigenvalue weighted by Crippen LogP contribution is -2.28. The maximum atomic E-state index is 14.1. The average Bonchev–Trinajstić information content (AvgIpc) is 3.00. The summed E-state index contributed by atoms with van der Waals surface area (Å²) < 4.78 is 29.5. The predicted molar refractivity (Wildman–Crippen MR) is 202 cm³/mol. The van der Waals surface area contributed by atoms with Crippen molar-refractivity contribution >= 4 is 11.4 Å². The molecule has 1 heterocycles. The fourth-order valence-corrected chi connectivity index (χ4v) is 6.17. The summed E-state index contributed by atoms with van der Waals surface area (Å²) in [7, 11) is 0. The molecule has 0 amide bonds. The highest BCUT2D eigenvalue weighted by molar-refractivity contribution is 6.12. The van der Waals surface area contributed by atoms with Gasteiger partial charge in [0.25, 0.3) is 0 Å². The van der Waals surface area contributed by atoms with Crippen LogP contribution < -0.4 is 9.47 Å². The van der Waals surface area contributed by atoms with Gasteiger partial charge in [-0.1, -0.05) is 89.2 Å². The lowest BCUT2D eigenvalue weighted by molar-refractivity contribution is -0.114. The molecule has 2 aromatic rings. The number of fused-ring (bicyclic) bond motifs is 1. The molecule has 7 heteroatoms. The van der Waals surface area contributed by atoms with Gasteiger partial charge in [-0.05, 0) is 80.4 Å². The van der Waals surface area contributed by atoms with E-state index in [1.165, 1.54) is 0 Å². The maximum Gasteiger partial charge on any atom is 0.186 e. The number of carbonyl (C=O) groups excluding carboxylic acids is 1. The number of ether oxygens (including phenoxy) is 5. The first-order chi connectivity index (χ1) is 23.2. The van der Waals surface area contributed by atoms with E-state index in [2.05, 4.69) is 113 Å². The highest BCUT2D eigenvalue weighted by Crippen LogP contribution is 2.46. The summed E-state index contributed by atoms with van der Waals surface area (Å²) >= 11 is 0. The number of carbonyl (C=O) groups is 1. The Labute approximate surface area is 300 Å². The maximum absolute atomic E-state index is 14.1. The van der Waals surface area contributed by atoms with Crippen LogP contribution in [0.1, 0.15) is 105 Å². The molecular formula is C43H60O7. The van der Waals surface area contributed by atoms with E-state index in [0.717, 1.165) is 44.5 Å². The number of phenols is 1. The summed E-state index contributed by atoms with van der Waals surface area (Å²) in [6, 6.07) is 10.2. The van der Waals surface area contributed by atoms with Gasteiger partial charge in [0.1, 0.15) is 19.0 Å². The second-order valence-corrected chi connectivity index (χ2v) is 17.4. The van der Waals surface area contributed by atoms with E-state index >= 15 is 0 Å². The minimum absolute atomic E-state index is 0.0777. The second kappa shape index (κ2) is 15.5. The first-order valence-electron chi connectivity index (χ1n) is 17.9. The Morgan fingerprint density at radius 1 is 0.540 bits per heavy atom. The lowest BCUT2D eigenvalue weighted by Gasteiger charge is -2.33. The second-order valence-electron chi connectivity index (χ2n) is 17.4. The fraction of sp³-hybridized carbons (Fsp3) is 0.558. The van der Waals surface area contributed by atoms with Crippen molar-refractivity contribution in [1.29, 1.82) is 0 Å². The summed E-state index contributed by atoms with van der Waals surface area (Å²) in [4.78, 5) is 14.1. The van der Waals surface area contributed by atoms with Crippen LogP contribution in [0.15, 0.2) is 59.2 Å². The zero-order valence-corrected chi connectivity index (χ0v) is 32.6. The molecule has 7 nitrogen and oxygen atoms in total. The zero-order valence-electron chi connectivity index (χ0n) is 32.6. The zero-order chi connectivity index (χ0) is 37.1. The topological polar surface area (TPSA) is 83.5 Å². The number of Topliss-reactive ketones (excluding diaryl/α,β-unsaturated/α-hetero) is 1. The fourth-order valence-electron chi connectivity index (χ4n) is 6.17. The normalized spacial score (nSPS) is 17.8. The highest BCUT2D eigenvalue weighted by Gasteiger charge is 2.35. The molecule has 2 aromatic carbocycles. The lowest BCUT2D eigenvalue weighted by atomic mass is 9.70.